The van der Waals surface area contributed by atoms with Gasteiger partial charge in [-0.15, -0.1) is 0 Å². The van der Waals surface area contributed by atoms with Gasteiger partial charge in [0, 0.05) is 54.4 Å². The Labute approximate surface area is 377 Å². The fourth-order valence-electron chi connectivity index (χ4n) is 10.3. The number of methoxy groups -OCH3 is 2. The van der Waals surface area contributed by atoms with Gasteiger partial charge in [0.15, 0.2) is 0 Å². The number of nitrogens with one attached hydrogen (secondary N) is 3. The van der Waals surface area contributed by atoms with Crippen molar-refractivity contribution >= 4 is 35.3 Å². The molecule has 5 aliphatic rings. The Kier molecular flexibility index (Phi) is 11.4. The lowest BCUT2D eigenvalue weighted by atomic mass is 9.93. The Bertz CT molecular complexity index is 2610. The van der Waals surface area contributed by atoms with Crippen molar-refractivity contribution < 1.29 is 37.4 Å². The molecule has 2 aliphatic carbocycles. The summed E-state index contributed by atoms with van der Waals surface area (Å²) < 4.78 is 42.7. The second-order valence-corrected chi connectivity index (χ2v) is 19.1. The first-order valence-electron chi connectivity index (χ1n) is 22.6. The minimum Gasteiger partial charge on any atom is -0.453 e. The minimum absolute atomic E-state index is 0.0360. The summed E-state index contributed by atoms with van der Waals surface area (Å²) >= 11 is 0. The highest BCUT2D eigenvalue weighted by molar-refractivity contribution is 6.04. The molecule has 340 valence electrons. The molecule has 4 heterocycles. The Morgan fingerprint density at radius 2 is 1.29 bits per heavy atom. The molecule has 0 bridgehead atoms. The van der Waals surface area contributed by atoms with E-state index in [1.165, 1.54) is 14.2 Å². The van der Waals surface area contributed by atoms with Crippen LogP contribution in [0, 0.1) is 17.3 Å². The number of likely N-dealkylation sites (tertiary alicyclic amines) is 2. The van der Waals surface area contributed by atoms with E-state index in [-0.39, 0.29) is 52.3 Å². The van der Waals surface area contributed by atoms with E-state index in [1.54, 1.807) is 30.5 Å². The van der Waals surface area contributed by atoms with Gasteiger partial charge in [0.2, 0.25) is 11.8 Å². The Morgan fingerprint density at radius 1 is 0.738 bits per heavy atom. The summed E-state index contributed by atoms with van der Waals surface area (Å²) in [5, 5.41) is 5.42. The van der Waals surface area contributed by atoms with Crippen molar-refractivity contribution in [3.8, 4) is 33.4 Å². The van der Waals surface area contributed by atoms with Crippen LogP contribution in [0.1, 0.15) is 94.6 Å². The number of allylic oxidation sites excluding steroid dienone is 1. The molecule has 3 aliphatic heterocycles. The van der Waals surface area contributed by atoms with Crippen LogP contribution in [-0.4, -0.2) is 89.9 Å². The van der Waals surface area contributed by atoms with Gasteiger partial charge in [0.1, 0.15) is 12.1 Å². The number of halogens is 2. The molecule has 14 heteroatoms. The van der Waals surface area contributed by atoms with Crippen LogP contribution in [0.15, 0.2) is 84.1 Å². The Hall–Kier alpha value is -6.31. The van der Waals surface area contributed by atoms with Crippen LogP contribution in [0.25, 0.3) is 39.0 Å². The normalized spacial score (nSPS) is 20.9. The fraction of sp³-hybridized carbons (Fsp3) is 0.431. The van der Waals surface area contributed by atoms with E-state index in [4.69, 9.17) is 14.5 Å². The monoisotopic (exact) mass is 886 g/mol. The number of hydrogen-bond donors (Lipinski definition) is 3. The number of fused-ring (bicyclic) bond motifs is 3. The van der Waals surface area contributed by atoms with Crippen molar-refractivity contribution in [2.75, 3.05) is 27.3 Å². The Balaban J connectivity index is 0.882. The Morgan fingerprint density at radius 3 is 1.88 bits per heavy atom. The van der Waals surface area contributed by atoms with E-state index in [2.05, 4.69) is 15.6 Å². The van der Waals surface area contributed by atoms with Crippen molar-refractivity contribution in [2.24, 2.45) is 22.2 Å². The van der Waals surface area contributed by atoms with Crippen LogP contribution < -0.4 is 10.6 Å². The summed E-state index contributed by atoms with van der Waals surface area (Å²) in [6.45, 7) is 8.75. The summed E-state index contributed by atoms with van der Waals surface area (Å²) in [7, 11) is 2.56. The number of carbonyl (C=O) groups excluding carboxylic acids is 4. The van der Waals surface area contributed by atoms with E-state index in [9.17, 15) is 19.2 Å². The van der Waals surface area contributed by atoms with Crippen LogP contribution in [0.4, 0.5) is 18.4 Å². The average molecular weight is 887 g/mol. The molecule has 3 fully saturated rings. The zero-order chi connectivity index (χ0) is 45.9. The maximum atomic E-state index is 16.6. The molecule has 4 atom stereocenters. The molecular formula is C51H56F2N6O6. The molecule has 2 saturated heterocycles. The SMILES string of the molecule is COC(=O)N[C@H](C(=O)N1CC2(CC2)C[C@H]1C1=NC=C(c2ccc3c(c2)C(F)(F)c2cc(-c4ccc(-c5c[nH]c([C@@H]6CCCN6C(=O)[C@@H](NC(=O)OC)C(C)C)c5)cc4)ccc2-3)C1)C(C)C. The molecular weight excluding hydrogens is 831 g/mol. The van der Waals surface area contributed by atoms with Gasteiger partial charge in [-0.05, 0) is 112 Å². The second kappa shape index (κ2) is 16.9. The number of amides is 4. The number of hydrogen-bond acceptors (Lipinski definition) is 7. The van der Waals surface area contributed by atoms with Gasteiger partial charge in [-0.3, -0.25) is 14.6 Å². The quantitative estimate of drug-likeness (QED) is 0.137. The number of benzene rings is 3. The predicted octanol–water partition coefficient (Wildman–Crippen LogP) is 9.46. The number of rotatable bonds is 11. The lowest BCUT2D eigenvalue weighted by molar-refractivity contribution is -0.135. The number of aliphatic imine (C=N–C) groups is 1. The number of ether oxygens (including phenoxy) is 2. The molecule has 0 radical (unpaired) electrons. The van der Waals surface area contributed by atoms with E-state index in [1.807, 2.05) is 86.2 Å². The molecule has 12 nitrogen and oxygen atoms in total. The van der Waals surface area contributed by atoms with Gasteiger partial charge in [-0.2, -0.15) is 8.78 Å². The standard InChI is InChI=1S/C51H56F2N6O6/c1-28(2)44(56-48(62)64-5)46(60)58-19-7-8-42(58)40-22-34(25-54-40)31-11-9-30(10-12-31)32-13-15-36-37-16-14-33(21-39(37)51(52,53)38(36)20-32)35-23-41(55-26-35)43-24-50(17-18-50)27-59(43)47(61)45(29(3)4)57-49(63)65-6/h9-16,20-22,25-26,28-29,42-45,54H,7-8,17-19,23-24,27H2,1-6H3,(H,56,62)(H,57,63)/t42-,43-,44-,45-/m0/s1. The highest BCUT2D eigenvalue weighted by atomic mass is 19.3. The summed E-state index contributed by atoms with van der Waals surface area (Å²) in [5.74, 6) is -3.82. The first kappa shape index (κ1) is 43.9. The van der Waals surface area contributed by atoms with E-state index < -0.39 is 30.2 Å². The van der Waals surface area contributed by atoms with Gasteiger partial charge in [-0.1, -0.05) is 76.2 Å². The zero-order valence-electron chi connectivity index (χ0n) is 37.7. The van der Waals surface area contributed by atoms with E-state index in [0.717, 1.165) is 65.8 Å². The van der Waals surface area contributed by atoms with Crippen LogP contribution >= 0.6 is 0 Å². The third-order valence-electron chi connectivity index (χ3n) is 14.2. The summed E-state index contributed by atoms with van der Waals surface area (Å²) in [6, 6.07) is 18.5. The molecule has 3 N–H and O–H groups in total. The molecule has 65 heavy (non-hydrogen) atoms. The molecule has 1 spiro atoms. The molecule has 4 amide bonds. The number of H-pyrrole nitrogens is 1. The maximum absolute atomic E-state index is 16.6. The topological polar surface area (TPSA) is 145 Å². The average Bonchev–Trinajstić information content (AvgIpc) is 3.90. The fourth-order valence-corrected chi connectivity index (χ4v) is 10.3. The summed E-state index contributed by atoms with van der Waals surface area (Å²) in [5.41, 5.74) is 7.58. The molecule has 1 saturated carbocycles. The van der Waals surface area contributed by atoms with Gasteiger partial charge in [-0.25, -0.2) is 9.59 Å². The van der Waals surface area contributed by atoms with Crippen LogP contribution in [0.2, 0.25) is 0 Å². The van der Waals surface area contributed by atoms with Gasteiger partial charge in [0.25, 0.3) is 5.92 Å². The number of aromatic nitrogens is 1. The maximum Gasteiger partial charge on any atom is 0.407 e. The predicted molar refractivity (Wildman–Crippen MR) is 244 cm³/mol. The van der Waals surface area contributed by atoms with Crippen molar-refractivity contribution in [3.63, 3.8) is 0 Å². The highest BCUT2D eigenvalue weighted by Crippen LogP contribution is 2.56. The number of alkyl carbamates (subject to hydrolysis) is 2. The second-order valence-electron chi connectivity index (χ2n) is 19.1. The van der Waals surface area contributed by atoms with E-state index >= 15 is 8.78 Å². The number of carbonyl (C=O) groups is 4. The van der Waals surface area contributed by atoms with Crippen LogP contribution in [0.5, 0.6) is 0 Å². The zero-order valence-corrected chi connectivity index (χ0v) is 37.7. The number of nitrogens with zero attached hydrogens (tertiary/aromatic N) is 3. The lowest BCUT2D eigenvalue weighted by Gasteiger charge is -2.31. The van der Waals surface area contributed by atoms with Crippen molar-refractivity contribution in [2.45, 2.75) is 96.3 Å². The highest BCUT2D eigenvalue weighted by Gasteiger charge is 2.55. The van der Waals surface area contributed by atoms with Crippen LogP contribution in [0.3, 0.4) is 0 Å². The third-order valence-corrected chi connectivity index (χ3v) is 14.2. The summed E-state index contributed by atoms with van der Waals surface area (Å²) in [4.78, 5) is 63.6. The first-order valence-corrected chi connectivity index (χ1v) is 22.6. The van der Waals surface area contributed by atoms with Crippen molar-refractivity contribution in [1.29, 1.82) is 0 Å². The minimum atomic E-state index is -3.23. The first-order chi connectivity index (χ1) is 31.1. The lowest BCUT2D eigenvalue weighted by Crippen LogP contribution is -2.53. The number of alkyl halides is 2. The van der Waals surface area contributed by atoms with Crippen LogP contribution in [-0.2, 0) is 25.0 Å². The molecule has 0 unspecified atom stereocenters. The molecule has 3 aromatic carbocycles. The van der Waals surface area contributed by atoms with Gasteiger partial charge >= 0.3 is 12.2 Å². The van der Waals surface area contributed by atoms with Gasteiger partial charge < -0.3 is 34.9 Å². The van der Waals surface area contributed by atoms with Crippen molar-refractivity contribution in [1.82, 2.24) is 25.4 Å². The van der Waals surface area contributed by atoms with Gasteiger partial charge in [0.05, 0.1) is 26.3 Å². The third kappa shape index (κ3) is 8.09. The molecule has 9 rings (SSSR count). The molecule has 4 aromatic rings. The van der Waals surface area contributed by atoms with Crippen molar-refractivity contribution in [3.05, 3.63) is 102 Å². The largest absolute Gasteiger partial charge is 0.453 e. The summed E-state index contributed by atoms with van der Waals surface area (Å²) in [6.07, 6.45) is 7.30. The molecule has 1 aromatic heterocycles. The number of aromatic amines is 1. The smallest absolute Gasteiger partial charge is 0.407 e. The van der Waals surface area contributed by atoms with E-state index in [0.29, 0.717) is 41.8 Å².